The van der Waals surface area contributed by atoms with Crippen molar-refractivity contribution in [1.29, 1.82) is 5.26 Å². The van der Waals surface area contributed by atoms with E-state index in [9.17, 15) is 10.1 Å². The first-order chi connectivity index (χ1) is 15.6. The minimum absolute atomic E-state index is 0.00953. The predicted molar refractivity (Wildman–Crippen MR) is 119 cm³/mol. The van der Waals surface area contributed by atoms with Gasteiger partial charge in [-0.15, -0.1) is 0 Å². The van der Waals surface area contributed by atoms with Crippen LogP contribution < -0.4 is 25.1 Å². The van der Waals surface area contributed by atoms with Crippen LogP contribution in [0.15, 0.2) is 59.5 Å². The number of ether oxygens (including phenoxy) is 3. The molecule has 0 fully saturated rings. The molecule has 0 aliphatic carbocycles. The van der Waals surface area contributed by atoms with E-state index < -0.39 is 5.56 Å². The predicted octanol–water partition coefficient (Wildman–Crippen LogP) is 3.42. The number of fused-ring (bicyclic) bond motifs is 1. The van der Waals surface area contributed by atoms with Crippen molar-refractivity contribution in [2.24, 2.45) is 0 Å². The molecule has 2 aromatic heterocycles. The summed E-state index contributed by atoms with van der Waals surface area (Å²) in [6.45, 7) is 0. The summed E-state index contributed by atoms with van der Waals surface area (Å²) >= 11 is 0. The first-order valence-electron chi connectivity index (χ1n) is 9.55. The summed E-state index contributed by atoms with van der Waals surface area (Å²) in [4.78, 5) is 21.8. The van der Waals surface area contributed by atoms with Gasteiger partial charge in [-0.25, -0.2) is 4.98 Å². The van der Waals surface area contributed by atoms with Crippen molar-refractivity contribution >= 4 is 22.7 Å². The second kappa shape index (κ2) is 8.65. The van der Waals surface area contributed by atoms with Gasteiger partial charge in [0.25, 0.3) is 5.56 Å². The molecular weight excluding hydrogens is 410 g/mol. The van der Waals surface area contributed by atoms with Gasteiger partial charge < -0.3 is 19.5 Å². The zero-order valence-electron chi connectivity index (χ0n) is 17.6. The summed E-state index contributed by atoms with van der Waals surface area (Å²) in [6, 6.07) is 15.9. The van der Waals surface area contributed by atoms with E-state index in [1.54, 1.807) is 30.5 Å². The van der Waals surface area contributed by atoms with Crippen molar-refractivity contribution in [2.75, 3.05) is 26.6 Å². The highest BCUT2D eigenvalue weighted by Gasteiger charge is 2.16. The lowest BCUT2D eigenvalue weighted by molar-refractivity contribution is 0.324. The van der Waals surface area contributed by atoms with Crippen LogP contribution in [-0.2, 0) is 0 Å². The Kier molecular flexibility index (Phi) is 5.59. The number of hydrogen-bond donors (Lipinski definition) is 1. The lowest BCUT2D eigenvalue weighted by Gasteiger charge is -2.15. The molecule has 4 rings (SSSR count). The lowest BCUT2D eigenvalue weighted by Crippen LogP contribution is -2.22. The fourth-order valence-corrected chi connectivity index (χ4v) is 3.34. The minimum Gasteiger partial charge on any atom is -0.493 e. The third-order valence-electron chi connectivity index (χ3n) is 4.80. The zero-order valence-corrected chi connectivity index (χ0v) is 17.6. The smallest absolute Gasteiger partial charge is 0.274 e. The van der Waals surface area contributed by atoms with Crippen LogP contribution >= 0.6 is 0 Å². The number of anilines is 2. The van der Waals surface area contributed by atoms with Crippen LogP contribution in [0.1, 0.15) is 5.56 Å². The van der Waals surface area contributed by atoms with E-state index in [0.717, 1.165) is 0 Å². The molecule has 0 aliphatic heterocycles. The van der Waals surface area contributed by atoms with Crippen LogP contribution in [0.3, 0.4) is 0 Å². The first-order valence-corrected chi connectivity index (χ1v) is 9.55. The number of nitriles is 1. The van der Waals surface area contributed by atoms with Gasteiger partial charge in [-0.1, -0.05) is 18.2 Å². The maximum Gasteiger partial charge on any atom is 0.274 e. The van der Waals surface area contributed by atoms with Crippen molar-refractivity contribution in [1.82, 2.24) is 14.5 Å². The summed E-state index contributed by atoms with van der Waals surface area (Å²) in [5.41, 5.74) is 1.11. The quantitative estimate of drug-likeness (QED) is 0.496. The molecule has 0 spiro atoms. The van der Waals surface area contributed by atoms with Crippen molar-refractivity contribution in [3.63, 3.8) is 0 Å². The second-order valence-electron chi connectivity index (χ2n) is 6.66. The van der Waals surface area contributed by atoms with Crippen molar-refractivity contribution in [3.05, 3.63) is 70.6 Å². The third-order valence-corrected chi connectivity index (χ3v) is 4.80. The second-order valence-corrected chi connectivity index (χ2v) is 6.66. The number of nitrogens with one attached hydrogen (secondary N) is 1. The molecule has 0 saturated heterocycles. The fraction of sp³-hybridized carbons (Fsp3) is 0.130. The molecule has 9 heteroatoms. The van der Waals surface area contributed by atoms with E-state index in [2.05, 4.69) is 15.3 Å². The molecule has 0 bridgehead atoms. The van der Waals surface area contributed by atoms with Crippen molar-refractivity contribution < 1.29 is 14.2 Å². The molecule has 4 aromatic rings. The highest BCUT2D eigenvalue weighted by Crippen LogP contribution is 2.40. The maximum absolute atomic E-state index is 12.9. The van der Waals surface area contributed by atoms with Crippen LogP contribution in [0.2, 0.25) is 0 Å². The number of pyridine rings is 1. The Morgan fingerprint density at radius 2 is 1.69 bits per heavy atom. The van der Waals surface area contributed by atoms with E-state index in [1.165, 1.54) is 32.0 Å². The van der Waals surface area contributed by atoms with E-state index in [-0.39, 0.29) is 11.5 Å². The van der Waals surface area contributed by atoms with Crippen molar-refractivity contribution in [3.8, 4) is 29.0 Å². The SMILES string of the molecule is COc1cc(Nc2ncc3cc(C#N)c(=O)n(-c4ccccc4)c3n2)cc(OC)c1OC. The summed E-state index contributed by atoms with van der Waals surface area (Å²) in [6.07, 6.45) is 1.56. The molecule has 0 atom stereocenters. The Labute approximate surface area is 183 Å². The third kappa shape index (κ3) is 3.65. The Balaban J connectivity index is 1.86. The summed E-state index contributed by atoms with van der Waals surface area (Å²) < 4.78 is 17.5. The number of aromatic nitrogens is 3. The largest absolute Gasteiger partial charge is 0.493 e. The molecule has 0 amide bonds. The average molecular weight is 429 g/mol. The van der Waals surface area contributed by atoms with Crippen LogP contribution in [0.25, 0.3) is 16.7 Å². The van der Waals surface area contributed by atoms with Gasteiger partial charge in [-0.2, -0.15) is 10.2 Å². The monoisotopic (exact) mass is 429 g/mol. The molecule has 0 radical (unpaired) electrons. The Bertz CT molecular complexity index is 1370. The maximum atomic E-state index is 12.9. The molecule has 2 heterocycles. The number of nitrogens with zero attached hydrogens (tertiary/aromatic N) is 4. The first kappa shape index (κ1) is 20.7. The number of para-hydroxylation sites is 1. The highest BCUT2D eigenvalue weighted by atomic mass is 16.5. The normalized spacial score (nSPS) is 10.4. The molecule has 0 unspecified atom stereocenters. The average Bonchev–Trinajstić information content (AvgIpc) is 2.83. The fourth-order valence-electron chi connectivity index (χ4n) is 3.34. The summed E-state index contributed by atoms with van der Waals surface area (Å²) in [7, 11) is 4.58. The molecule has 1 N–H and O–H groups in total. The Hall–Kier alpha value is -4.58. The molecule has 2 aromatic carbocycles. The van der Waals surface area contributed by atoms with E-state index in [1.807, 2.05) is 24.3 Å². The van der Waals surface area contributed by atoms with Gasteiger partial charge in [0.15, 0.2) is 17.1 Å². The molecule has 32 heavy (non-hydrogen) atoms. The van der Waals surface area contributed by atoms with E-state index in [0.29, 0.717) is 39.7 Å². The molecule has 0 saturated carbocycles. The van der Waals surface area contributed by atoms with Gasteiger partial charge in [-0.05, 0) is 18.2 Å². The van der Waals surface area contributed by atoms with Gasteiger partial charge in [0.1, 0.15) is 11.6 Å². The number of hydrogen-bond acceptors (Lipinski definition) is 8. The lowest BCUT2D eigenvalue weighted by atomic mass is 10.2. The van der Waals surface area contributed by atoms with E-state index >= 15 is 0 Å². The van der Waals surface area contributed by atoms with Crippen LogP contribution in [0, 0.1) is 11.3 Å². The molecular formula is C23H19N5O4. The highest BCUT2D eigenvalue weighted by molar-refractivity contribution is 5.79. The van der Waals surface area contributed by atoms with Gasteiger partial charge in [0, 0.05) is 29.4 Å². The van der Waals surface area contributed by atoms with Crippen LogP contribution in [0.4, 0.5) is 11.6 Å². The van der Waals surface area contributed by atoms with Crippen LogP contribution in [0.5, 0.6) is 17.2 Å². The Morgan fingerprint density at radius 1 is 1.00 bits per heavy atom. The number of rotatable bonds is 6. The molecule has 0 aliphatic rings. The minimum atomic E-state index is -0.455. The van der Waals surface area contributed by atoms with Crippen LogP contribution in [-0.4, -0.2) is 35.9 Å². The zero-order chi connectivity index (χ0) is 22.7. The summed E-state index contributed by atoms with van der Waals surface area (Å²) in [5, 5.41) is 13.1. The molecule has 160 valence electrons. The standard InChI is InChI=1S/C23H19N5O4/c1-30-18-10-16(11-19(31-2)20(18)32-3)26-23-25-13-15-9-14(12-24)22(29)28(21(15)27-23)17-7-5-4-6-8-17/h4-11,13H,1-3H3,(H,25,26,27). The topological polar surface area (TPSA) is 111 Å². The molecule has 9 nitrogen and oxygen atoms in total. The van der Waals surface area contributed by atoms with Gasteiger partial charge in [0.2, 0.25) is 11.7 Å². The number of benzene rings is 2. The van der Waals surface area contributed by atoms with E-state index in [4.69, 9.17) is 14.2 Å². The van der Waals surface area contributed by atoms with Gasteiger partial charge in [-0.3, -0.25) is 9.36 Å². The number of methoxy groups -OCH3 is 3. The Morgan fingerprint density at radius 3 is 2.28 bits per heavy atom. The summed E-state index contributed by atoms with van der Waals surface area (Å²) in [5.74, 6) is 1.65. The van der Waals surface area contributed by atoms with Gasteiger partial charge >= 0.3 is 0 Å². The van der Waals surface area contributed by atoms with Gasteiger partial charge in [0.05, 0.1) is 27.0 Å². The van der Waals surface area contributed by atoms with Crippen molar-refractivity contribution in [2.45, 2.75) is 0 Å².